The molecule has 2 aliphatic rings. The predicted molar refractivity (Wildman–Crippen MR) is 128 cm³/mol. The molecule has 3 aromatic rings. The topological polar surface area (TPSA) is 70.7 Å². The molecular weight excluding hydrogens is 461 g/mol. The van der Waals surface area contributed by atoms with Crippen LogP contribution in [0.25, 0.3) is 0 Å². The second-order valence-corrected chi connectivity index (χ2v) is 9.23. The van der Waals surface area contributed by atoms with Gasteiger partial charge in [-0.3, -0.25) is 9.69 Å². The standard InChI is InChI=1S/C25H21Cl2N3O3/c1-25-13-21(20-12-18(27)9-10-22(20)33-25)29-24(32)30(25)19-4-2-3-16(11-19)23(31)28-14-15-5-7-17(26)8-6-15/h2-12,21H,13-14H2,1H3,(H,28,31)(H,29,32)/t21-,25-/m1/s1. The molecule has 2 atom stereocenters. The fourth-order valence-electron chi connectivity index (χ4n) is 4.41. The van der Waals surface area contributed by atoms with E-state index in [1.54, 1.807) is 47.4 Å². The van der Waals surface area contributed by atoms with Crippen LogP contribution in [-0.4, -0.2) is 17.7 Å². The number of nitrogens with zero attached hydrogens (tertiary/aromatic N) is 1. The minimum absolute atomic E-state index is 0.202. The number of anilines is 1. The van der Waals surface area contributed by atoms with Crippen LogP contribution in [-0.2, 0) is 6.54 Å². The number of benzene rings is 3. The zero-order valence-electron chi connectivity index (χ0n) is 17.8. The lowest BCUT2D eigenvalue weighted by Gasteiger charge is -2.50. The van der Waals surface area contributed by atoms with Crippen LogP contribution in [0, 0.1) is 0 Å². The Labute approximate surface area is 201 Å². The van der Waals surface area contributed by atoms with Crippen LogP contribution in [0.15, 0.2) is 66.7 Å². The van der Waals surface area contributed by atoms with Crippen molar-refractivity contribution < 1.29 is 14.3 Å². The van der Waals surface area contributed by atoms with Gasteiger partial charge in [0.1, 0.15) is 5.75 Å². The Hall–Kier alpha value is -3.22. The Morgan fingerprint density at radius 1 is 1.12 bits per heavy atom. The van der Waals surface area contributed by atoms with Gasteiger partial charge in [-0.1, -0.05) is 41.4 Å². The van der Waals surface area contributed by atoms with Crippen molar-refractivity contribution in [1.82, 2.24) is 10.6 Å². The van der Waals surface area contributed by atoms with Crippen LogP contribution in [0.3, 0.4) is 0 Å². The summed E-state index contributed by atoms with van der Waals surface area (Å²) in [7, 11) is 0. The molecule has 0 aliphatic carbocycles. The third-order valence-electron chi connectivity index (χ3n) is 5.97. The van der Waals surface area contributed by atoms with Gasteiger partial charge >= 0.3 is 6.03 Å². The Morgan fingerprint density at radius 2 is 1.88 bits per heavy atom. The molecule has 3 aromatic carbocycles. The van der Waals surface area contributed by atoms with Gasteiger partial charge in [-0.05, 0) is 61.0 Å². The molecule has 0 unspecified atom stereocenters. The first kappa shape index (κ1) is 21.6. The van der Waals surface area contributed by atoms with Crippen molar-refractivity contribution in [1.29, 1.82) is 0 Å². The first-order chi connectivity index (χ1) is 15.8. The Kier molecular flexibility index (Phi) is 5.43. The number of fused-ring (bicyclic) bond motifs is 4. The monoisotopic (exact) mass is 481 g/mol. The summed E-state index contributed by atoms with van der Waals surface area (Å²) in [5.74, 6) is 0.441. The summed E-state index contributed by atoms with van der Waals surface area (Å²) in [6, 6.07) is 19.2. The molecule has 0 saturated carbocycles. The lowest BCUT2D eigenvalue weighted by molar-refractivity contribution is 0.0378. The molecule has 0 radical (unpaired) electrons. The molecule has 8 heteroatoms. The second-order valence-electron chi connectivity index (χ2n) is 8.36. The first-order valence-corrected chi connectivity index (χ1v) is 11.3. The van der Waals surface area contributed by atoms with Crippen molar-refractivity contribution in [2.45, 2.75) is 31.7 Å². The SMILES string of the molecule is C[C@@]12C[C@@H](NC(=O)N1c1cccc(C(=O)NCc3ccc(Cl)cc3)c1)c1cc(Cl)ccc1O2. The number of rotatable bonds is 4. The molecule has 1 saturated heterocycles. The average Bonchev–Trinajstić information content (AvgIpc) is 2.79. The van der Waals surface area contributed by atoms with Gasteiger partial charge in [-0.25, -0.2) is 4.79 Å². The number of nitrogens with one attached hydrogen (secondary N) is 2. The van der Waals surface area contributed by atoms with Gasteiger partial charge in [0.2, 0.25) is 0 Å². The van der Waals surface area contributed by atoms with Gasteiger partial charge in [0.15, 0.2) is 5.72 Å². The molecule has 0 spiro atoms. The Bertz CT molecular complexity index is 1250. The van der Waals surface area contributed by atoms with Gasteiger partial charge in [0, 0.05) is 34.1 Å². The van der Waals surface area contributed by atoms with Crippen molar-refractivity contribution >= 4 is 40.8 Å². The molecule has 2 bridgehead atoms. The van der Waals surface area contributed by atoms with Crippen molar-refractivity contribution in [2.75, 3.05) is 4.90 Å². The first-order valence-electron chi connectivity index (χ1n) is 10.5. The molecule has 2 aliphatic heterocycles. The van der Waals surface area contributed by atoms with Gasteiger partial charge < -0.3 is 15.4 Å². The van der Waals surface area contributed by atoms with E-state index >= 15 is 0 Å². The van der Waals surface area contributed by atoms with Gasteiger partial charge in [0.05, 0.1) is 11.7 Å². The quantitative estimate of drug-likeness (QED) is 0.502. The lowest BCUT2D eigenvalue weighted by atomic mass is 9.90. The van der Waals surface area contributed by atoms with Crippen LogP contribution in [0.1, 0.15) is 40.9 Å². The number of urea groups is 1. The number of carbonyl (C=O) groups is 2. The van der Waals surface area contributed by atoms with Gasteiger partial charge in [-0.15, -0.1) is 0 Å². The van der Waals surface area contributed by atoms with E-state index in [0.717, 1.165) is 11.1 Å². The smallest absolute Gasteiger partial charge is 0.325 e. The third-order valence-corrected chi connectivity index (χ3v) is 6.45. The van der Waals surface area contributed by atoms with E-state index in [9.17, 15) is 9.59 Å². The molecular formula is C25H21Cl2N3O3. The van der Waals surface area contributed by atoms with Crippen LogP contribution >= 0.6 is 23.2 Å². The summed E-state index contributed by atoms with van der Waals surface area (Å²) >= 11 is 12.1. The van der Waals surface area contributed by atoms with Crippen molar-refractivity contribution in [3.8, 4) is 5.75 Å². The molecule has 5 rings (SSSR count). The van der Waals surface area contributed by atoms with Crippen LogP contribution < -0.4 is 20.3 Å². The van der Waals surface area contributed by atoms with Crippen molar-refractivity contribution in [3.63, 3.8) is 0 Å². The van der Waals surface area contributed by atoms with E-state index in [2.05, 4.69) is 10.6 Å². The Balaban J connectivity index is 1.39. The molecule has 1 fully saturated rings. The van der Waals surface area contributed by atoms with Gasteiger partial charge in [-0.2, -0.15) is 0 Å². The van der Waals surface area contributed by atoms with E-state index in [1.807, 2.05) is 31.2 Å². The lowest BCUT2D eigenvalue weighted by Crippen LogP contribution is -2.65. The highest BCUT2D eigenvalue weighted by Crippen LogP contribution is 2.46. The number of hydrogen-bond donors (Lipinski definition) is 2. The molecule has 33 heavy (non-hydrogen) atoms. The number of halogens is 2. The summed E-state index contributed by atoms with van der Waals surface area (Å²) in [6.45, 7) is 2.25. The largest absolute Gasteiger partial charge is 0.467 e. The normalized spacial score (nSPS) is 21.0. The zero-order chi connectivity index (χ0) is 23.2. The number of amides is 3. The van der Waals surface area contributed by atoms with Crippen molar-refractivity contribution in [3.05, 3.63) is 93.5 Å². The number of hydrogen-bond acceptors (Lipinski definition) is 3. The maximum atomic E-state index is 13.1. The fourth-order valence-corrected chi connectivity index (χ4v) is 4.72. The summed E-state index contributed by atoms with van der Waals surface area (Å²) in [6.07, 6.45) is 0.541. The Morgan fingerprint density at radius 3 is 2.67 bits per heavy atom. The molecule has 3 amide bonds. The summed E-state index contributed by atoms with van der Waals surface area (Å²) in [5, 5.41) is 7.18. The highest BCUT2D eigenvalue weighted by atomic mass is 35.5. The molecule has 168 valence electrons. The summed E-state index contributed by atoms with van der Waals surface area (Å²) in [4.78, 5) is 27.5. The van der Waals surface area contributed by atoms with Crippen molar-refractivity contribution in [2.24, 2.45) is 0 Å². The average molecular weight is 482 g/mol. The fraction of sp³-hybridized carbons (Fsp3) is 0.200. The van der Waals surface area contributed by atoms with Gasteiger partial charge in [0.25, 0.3) is 5.91 Å². The van der Waals surface area contributed by atoms with Crippen LogP contribution in [0.4, 0.5) is 10.5 Å². The highest BCUT2D eigenvalue weighted by Gasteiger charge is 2.49. The van der Waals surface area contributed by atoms with Crippen LogP contribution in [0.5, 0.6) is 5.75 Å². The maximum absolute atomic E-state index is 13.1. The highest BCUT2D eigenvalue weighted by molar-refractivity contribution is 6.30. The van der Waals surface area contributed by atoms with E-state index in [0.29, 0.717) is 40.0 Å². The van der Waals surface area contributed by atoms with Crippen LogP contribution in [0.2, 0.25) is 10.0 Å². The van der Waals surface area contributed by atoms with E-state index in [4.69, 9.17) is 27.9 Å². The third kappa shape index (κ3) is 4.12. The molecule has 0 aromatic heterocycles. The summed E-state index contributed by atoms with van der Waals surface area (Å²) in [5.41, 5.74) is 1.91. The summed E-state index contributed by atoms with van der Waals surface area (Å²) < 4.78 is 6.29. The second kappa shape index (κ2) is 8.28. The van der Waals surface area contributed by atoms with E-state index in [1.165, 1.54) is 0 Å². The molecule has 6 nitrogen and oxygen atoms in total. The maximum Gasteiger partial charge on any atom is 0.325 e. The molecule has 2 heterocycles. The van der Waals surface area contributed by atoms with E-state index in [-0.39, 0.29) is 18.0 Å². The zero-order valence-corrected chi connectivity index (χ0v) is 19.3. The predicted octanol–water partition coefficient (Wildman–Crippen LogP) is 5.69. The molecule has 2 N–H and O–H groups in total. The minimum atomic E-state index is -0.910. The van der Waals surface area contributed by atoms with E-state index < -0.39 is 5.72 Å². The number of ether oxygens (including phenoxy) is 1. The number of carbonyl (C=O) groups excluding carboxylic acids is 2. The minimum Gasteiger partial charge on any atom is -0.467 e.